The Morgan fingerprint density at radius 3 is 2.40 bits per heavy atom. The topological polar surface area (TPSA) is 54.5 Å². The molecule has 1 heterocycles. The van der Waals surface area contributed by atoms with Gasteiger partial charge in [0.1, 0.15) is 0 Å². The maximum absolute atomic E-state index is 12.8. The van der Waals surface area contributed by atoms with Crippen LogP contribution in [0.25, 0.3) is 0 Å². The summed E-state index contributed by atoms with van der Waals surface area (Å²) in [6.07, 6.45) is 1.58. The Hall–Kier alpha value is -1.76. The molecule has 0 bridgehead atoms. The van der Waals surface area contributed by atoms with E-state index in [0.29, 0.717) is 10.7 Å². The average Bonchev–Trinajstić information content (AvgIpc) is 2.95. The van der Waals surface area contributed by atoms with Crippen LogP contribution in [-0.2, 0) is 14.6 Å². The lowest BCUT2D eigenvalue weighted by molar-refractivity contribution is -0.116. The zero-order valence-electron chi connectivity index (χ0n) is 13.2. The van der Waals surface area contributed by atoms with E-state index in [9.17, 15) is 13.2 Å². The molecule has 0 aromatic heterocycles. The van der Waals surface area contributed by atoms with Crippen molar-refractivity contribution >= 4 is 44.8 Å². The number of anilines is 1. The van der Waals surface area contributed by atoms with Crippen LogP contribution in [-0.4, -0.2) is 31.9 Å². The van der Waals surface area contributed by atoms with Gasteiger partial charge in [-0.25, -0.2) is 8.42 Å². The largest absolute Gasteiger partial charge is 0.304 e. The average molecular weight is 394 g/mol. The molecule has 2 aromatic carbocycles. The predicted octanol–water partition coefficient (Wildman–Crippen LogP) is 3.78. The molecule has 25 heavy (non-hydrogen) atoms. The van der Waals surface area contributed by atoms with Gasteiger partial charge in [0.05, 0.1) is 17.5 Å². The van der Waals surface area contributed by atoms with Crippen LogP contribution < -0.4 is 4.90 Å². The Balaban J connectivity index is 1.78. The maximum Gasteiger partial charge on any atom is 0.237 e. The second kappa shape index (κ2) is 7.64. The number of thioether (sulfide) groups is 1. The van der Waals surface area contributed by atoms with Crippen LogP contribution in [0.3, 0.4) is 0 Å². The zero-order chi connectivity index (χ0) is 17.9. The number of hydrogen-bond donors (Lipinski definition) is 0. The molecule has 0 spiro atoms. The highest BCUT2D eigenvalue weighted by molar-refractivity contribution is 8.00. The normalized spacial score (nSPS) is 18.2. The molecule has 1 amide bonds. The molecule has 7 heteroatoms. The number of hydrogen-bond acceptors (Lipinski definition) is 4. The third-order valence-electron chi connectivity index (χ3n) is 3.72. The molecule has 1 atom stereocenters. The van der Waals surface area contributed by atoms with Gasteiger partial charge >= 0.3 is 0 Å². The van der Waals surface area contributed by atoms with E-state index in [1.807, 2.05) is 42.5 Å². The van der Waals surface area contributed by atoms with E-state index in [-0.39, 0.29) is 17.4 Å². The van der Waals surface area contributed by atoms with Gasteiger partial charge < -0.3 is 4.90 Å². The van der Waals surface area contributed by atoms with Crippen LogP contribution in [0.5, 0.6) is 0 Å². The Morgan fingerprint density at radius 2 is 1.80 bits per heavy atom. The van der Waals surface area contributed by atoms with Gasteiger partial charge in [-0.15, -0.1) is 11.8 Å². The first kappa shape index (κ1) is 18.0. The Bertz CT molecular complexity index is 880. The third-order valence-corrected chi connectivity index (χ3v) is 6.35. The van der Waals surface area contributed by atoms with Crippen molar-refractivity contribution in [3.8, 4) is 0 Å². The Morgan fingerprint density at radius 1 is 1.12 bits per heavy atom. The fourth-order valence-electron chi connectivity index (χ4n) is 2.57. The van der Waals surface area contributed by atoms with E-state index in [1.54, 1.807) is 23.1 Å². The van der Waals surface area contributed by atoms with Gasteiger partial charge in [0.25, 0.3) is 0 Å². The number of halogens is 1. The molecule has 1 aliphatic rings. The number of carbonyl (C=O) groups is 1. The van der Waals surface area contributed by atoms with Crippen molar-refractivity contribution in [2.24, 2.45) is 0 Å². The van der Waals surface area contributed by atoms with Crippen molar-refractivity contribution in [1.82, 2.24) is 0 Å². The molecule has 1 aliphatic heterocycles. The smallest absolute Gasteiger partial charge is 0.237 e. The monoisotopic (exact) mass is 393 g/mol. The van der Waals surface area contributed by atoms with Gasteiger partial charge in [-0.2, -0.15) is 0 Å². The number of amides is 1. The SMILES string of the molecule is O=C(CSc1ccc(Cl)cc1)N(c1ccccc1)[C@H]1C=CS(=O)(=O)C1. The summed E-state index contributed by atoms with van der Waals surface area (Å²) >= 11 is 7.26. The highest BCUT2D eigenvalue weighted by Crippen LogP contribution is 2.26. The van der Waals surface area contributed by atoms with Crippen LogP contribution in [0.4, 0.5) is 5.69 Å². The van der Waals surface area contributed by atoms with Crippen LogP contribution >= 0.6 is 23.4 Å². The van der Waals surface area contributed by atoms with Gasteiger partial charge in [-0.05, 0) is 42.5 Å². The third kappa shape index (κ3) is 4.66. The summed E-state index contributed by atoms with van der Waals surface area (Å²) in [5, 5.41) is 1.83. The lowest BCUT2D eigenvalue weighted by atomic mass is 10.2. The van der Waals surface area contributed by atoms with Gasteiger partial charge in [-0.3, -0.25) is 4.79 Å². The van der Waals surface area contributed by atoms with Crippen molar-refractivity contribution in [2.45, 2.75) is 10.9 Å². The summed E-state index contributed by atoms with van der Waals surface area (Å²) in [6, 6.07) is 15.9. The second-order valence-electron chi connectivity index (χ2n) is 5.57. The number of benzene rings is 2. The minimum Gasteiger partial charge on any atom is -0.304 e. The first-order valence-electron chi connectivity index (χ1n) is 7.61. The molecule has 0 N–H and O–H groups in total. The van der Waals surface area contributed by atoms with Gasteiger partial charge in [0.15, 0.2) is 9.84 Å². The van der Waals surface area contributed by atoms with E-state index in [2.05, 4.69) is 0 Å². The fourth-order valence-corrected chi connectivity index (χ4v) is 4.73. The Kier molecular flexibility index (Phi) is 5.51. The van der Waals surface area contributed by atoms with Crippen LogP contribution in [0.2, 0.25) is 5.02 Å². The van der Waals surface area contributed by atoms with E-state index in [4.69, 9.17) is 11.6 Å². The molecule has 0 aliphatic carbocycles. The quantitative estimate of drug-likeness (QED) is 0.725. The van der Waals surface area contributed by atoms with Crippen molar-refractivity contribution < 1.29 is 13.2 Å². The summed E-state index contributed by atoms with van der Waals surface area (Å²) in [5.41, 5.74) is 0.691. The summed E-state index contributed by atoms with van der Waals surface area (Å²) in [6.45, 7) is 0. The van der Waals surface area contributed by atoms with E-state index in [0.717, 1.165) is 4.90 Å². The number of rotatable bonds is 5. The van der Waals surface area contributed by atoms with Crippen molar-refractivity contribution in [3.63, 3.8) is 0 Å². The number of para-hydroxylation sites is 1. The molecule has 130 valence electrons. The molecule has 0 unspecified atom stereocenters. The lowest BCUT2D eigenvalue weighted by Crippen LogP contribution is -2.42. The minimum atomic E-state index is -3.25. The fraction of sp³-hybridized carbons (Fsp3) is 0.167. The van der Waals surface area contributed by atoms with Crippen molar-refractivity contribution in [1.29, 1.82) is 0 Å². The molecular weight excluding hydrogens is 378 g/mol. The Labute approximate surface area is 156 Å². The molecule has 0 radical (unpaired) electrons. The molecule has 0 fully saturated rings. The summed E-state index contributed by atoms with van der Waals surface area (Å²) in [4.78, 5) is 15.3. The van der Waals surface area contributed by atoms with Crippen molar-refractivity contribution in [2.75, 3.05) is 16.4 Å². The highest BCUT2D eigenvalue weighted by atomic mass is 35.5. The lowest BCUT2D eigenvalue weighted by Gasteiger charge is -2.27. The van der Waals surface area contributed by atoms with Crippen molar-refractivity contribution in [3.05, 3.63) is 71.1 Å². The van der Waals surface area contributed by atoms with Gasteiger partial charge in [-0.1, -0.05) is 29.8 Å². The minimum absolute atomic E-state index is 0.0841. The molecule has 0 saturated heterocycles. The first-order valence-corrected chi connectivity index (χ1v) is 10.7. The molecule has 2 aromatic rings. The maximum atomic E-state index is 12.8. The van der Waals surface area contributed by atoms with E-state index < -0.39 is 15.9 Å². The highest BCUT2D eigenvalue weighted by Gasteiger charge is 2.31. The first-order chi connectivity index (χ1) is 11.9. The second-order valence-corrected chi connectivity index (χ2v) is 8.98. The molecule has 4 nitrogen and oxygen atoms in total. The number of carbonyl (C=O) groups excluding carboxylic acids is 1. The van der Waals surface area contributed by atoms with E-state index >= 15 is 0 Å². The van der Waals surface area contributed by atoms with Crippen LogP contribution in [0.15, 0.2) is 71.0 Å². The summed E-state index contributed by atoms with van der Waals surface area (Å²) in [7, 11) is -3.25. The standard InChI is InChI=1S/C18H16ClNO3S2/c19-14-6-8-17(9-7-14)24-12-18(21)20(15-4-2-1-3-5-15)16-10-11-25(22,23)13-16/h1-11,16H,12-13H2/t16-/m0/s1. The van der Waals surface area contributed by atoms with Crippen LogP contribution in [0, 0.1) is 0 Å². The summed E-state index contributed by atoms with van der Waals surface area (Å²) in [5.74, 6) is -0.0157. The molecular formula is C18H16ClNO3S2. The number of nitrogens with zero attached hydrogens (tertiary/aromatic N) is 1. The van der Waals surface area contributed by atoms with E-state index in [1.165, 1.54) is 17.2 Å². The molecule has 3 rings (SSSR count). The predicted molar refractivity (Wildman–Crippen MR) is 103 cm³/mol. The number of sulfone groups is 1. The van der Waals surface area contributed by atoms with Crippen LogP contribution in [0.1, 0.15) is 0 Å². The molecule has 0 saturated carbocycles. The van der Waals surface area contributed by atoms with Gasteiger partial charge in [0.2, 0.25) is 5.91 Å². The van der Waals surface area contributed by atoms with Gasteiger partial charge in [0, 0.05) is 21.0 Å². The summed E-state index contributed by atoms with van der Waals surface area (Å²) < 4.78 is 23.5. The zero-order valence-corrected chi connectivity index (χ0v) is 15.6.